The highest BCUT2D eigenvalue weighted by Crippen LogP contribution is 2.25. The summed E-state index contributed by atoms with van der Waals surface area (Å²) in [5.41, 5.74) is 0.840. The molecule has 1 aliphatic rings. The van der Waals surface area contributed by atoms with Crippen LogP contribution in [0.4, 0.5) is 4.79 Å². The Morgan fingerprint density at radius 3 is 2.61 bits per heavy atom. The van der Waals surface area contributed by atoms with Crippen molar-refractivity contribution in [1.29, 1.82) is 0 Å². The molecule has 0 saturated heterocycles. The molecular formula is C17H21NO5. The van der Waals surface area contributed by atoms with Gasteiger partial charge < -0.3 is 14.8 Å². The zero-order chi connectivity index (χ0) is 16.7. The van der Waals surface area contributed by atoms with Crippen LogP contribution in [-0.4, -0.2) is 30.5 Å². The summed E-state index contributed by atoms with van der Waals surface area (Å²) in [6.07, 6.45) is 0.995. The summed E-state index contributed by atoms with van der Waals surface area (Å²) < 4.78 is 10.1. The second-order valence-electron chi connectivity index (χ2n) is 5.40. The molecule has 6 nitrogen and oxygen atoms in total. The van der Waals surface area contributed by atoms with Crippen molar-refractivity contribution in [3.8, 4) is 0 Å². The maximum Gasteiger partial charge on any atom is 0.408 e. The molecule has 23 heavy (non-hydrogen) atoms. The molecule has 0 bridgehead atoms. The SMILES string of the molecule is CCOC(=O)C(NC(=O)OCc1ccccc1)C1CCCC1=O. The van der Waals surface area contributed by atoms with Gasteiger partial charge >= 0.3 is 12.1 Å². The van der Waals surface area contributed by atoms with E-state index in [1.54, 1.807) is 6.92 Å². The zero-order valence-electron chi connectivity index (χ0n) is 13.1. The van der Waals surface area contributed by atoms with Crippen LogP contribution in [-0.2, 0) is 25.7 Å². The lowest BCUT2D eigenvalue weighted by molar-refractivity contribution is -0.148. The van der Waals surface area contributed by atoms with E-state index in [1.807, 2.05) is 30.3 Å². The van der Waals surface area contributed by atoms with Crippen LogP contribution in [0.25, 0.3) is 0 Å². The second-order valence-corrected chi connectivity index (χ2v) is 5.40. The molecule has 0 aromatic heterocycles. The third-order valence-electron chi connectivity index (χ3n) is 3.78. The van der Waals surface area contributed by atoms with Crippen LogP contribution < -0.4 is 5.32 Å². The lowest BCUT2D eigenvalue weighted by Gasteiger charge is -2.21. The smallest absolute Gasteiger partial charge is 0.408 e. The highest BCUT2D eigenvalue weighted by atomic mass is 16.6. The van der Waals surface area contributed by atoms with Gasteiger partial charge in [0, 0.05) is 12.3 Å². The number of ether oxygens (including phenoxy) is 2. The number of rotatable bonds is 6. The van der Waals surface area contributed by atoms with Crippen molar-refractivity contribution in [2.45, 2.75) is 38.8 Å². The summed E-state index contributed by atoms with van der Waals surface area (Å²) in [5.74, 6) is -1.14. The molecule has 1 N–H and O–H groups in total. The number of Topliss-reactive ketones (excluding diaryl/α,β-unsaturated/α-hetero) is 1. The maximum absolute atomic E-state index is 12.0. The van der Waals surface area contributed by atoms with E-state index in [4.69, 9.17) is 9.47 Å². The molecule has 1 saturated carbocycles. The summed E-state index contributed by atoms with van der Waals surface area (Å²) in [7, 11) is 0. The topological polar surface area (TPSA) is 81.7 Å². The summed E-state index contributed by atoms with van der Waals surface area (Å²) >= 11 is 0. The number of carbonyl (C=O) groups is 3. The molecule has 2 unspecified atom stereocenters. The summed E-state index contributed by atoms with van der Waals surface area (Å²) in [4.78, 5) is 35.9. The number of benzene rings is 1. The Morgan fingerprint density at radius 1 is 1.26 bits per heavy atom. The molecule has 2 atom stereocenters. The minimum atomic E-state index is -0.978. The number of nitrogens with one attached hydrogen (secondary N) is 1. The fourth-order valence-electron chi connectivity index (χ4n) is 2.64. The Morgan fingerprint density at radius 2 is 2.00 bits per heavy atom. The number of ketones is 1. The highest BCUT2D eigenvalue weighted by molar-refractivity contribution is 5.92. The monoisotopic (exact) mass is 319 g/mol. The van der Waals surface area contributed by atoms with Gasteiger partial charge in [-0.05, 0) is 25.3 Å². The molecule has 1 amide bonds. The first-order valence-electron chi connectivity index (χ1n) is 7.78. The number of carbonyl (C=O) groups excluding carboxylic acids is 3. The molecule has 1 aliphatic carbocycles. The molecule has 0 spiro atoms. The highest BCUT2D eigenvalue weighted by Gasteiger charge is 2.38. The van der Waals surface area contributed by atoms with Crippen molar-refractivity contribution < 1.29 is 23.9 Å². The summed E-state index contributed by atoms with van der Waals surface area (Å²) in [5, 5.41) is 2.49. The summed E-state index contributed by atoms with van der Waals surface area (Å²) in [6, 6.07) is 8.23. The van der Waals surface area contributed by atoms with Crippen LogP contribution in [0.15, 0.2) is 30.3 Å². The number of hydrogen-bond acceptors (Lipinski definition) is 5. The van der Waals surface area contributed by atoms with Crippen molar-refractivity contribution in [2.75, 3.05) is 6.61 Å². The van der Waals surface area contributed by atoms with E-state index in [9.17, 15) is 14.4 Å². The average Bonchev–Trinajstić information content (AvgIpc) is 2.97. The van der Waals surface area contributed by atoms with Crippen LogP contribution in [0.1, 0.15) is 31.7 Å². The van der Waals surface area contributed by atoms with Crippen molar-refractivity contribution in [3.63, 3.8) is 0 Å². The molecule has 0 heterocycles. The van der Waals surface area contributed by atoms with Crippen LogP contribution in [0.5, 0.6) is 0 Å². The Kier molecular flexibility index (Phi) is 6.14. The Hall–Kier alpha value is -2.37. The van der Waals surface area contributed by atoms with Crippen LogP contribution >= 0.6 is 0 Å². The standard InChI is InChI=1S/C17H21NO5/c1-2-22-16(20)15(13-9-6-10-14(13)19)18-17(21)23-11-12-7-4-3-5-8-12/h3-5,7-8,13,15H,2,6,9-11H2,1H3,(H,18,21). The van der Waals surface area contributed by atoms with E-state index in [2.05, 4.69) is 5.32 Å². The van der Waals surface area contributed by atoms with E-state index in [1.165, 1.54) is 0 Å². The molecule has 6 heteroatoms. The van der Waals surface area contributed by atoms with Gasteiger partial charge in [-0.15, -0.1) is 0 Å². The van der Waals surface area contributed by atoms with Gasteiger partial charge in [-0.2, -0.15) is 0 Å². The van der Waals surface area contributed by atoms with Crippen molar-refractivity contribution in [2.24, 2.45) is 5.92 Å². The largest absolute Gasteiger partial charge is 0.464 e. The van der Waals surface area contributed by atoms with Crippen LogP contribution in [0.2, 0.25) is 0 Å². The fraction of sp³-hybridized carbons (Fsp3) is 0.471. The Bertz CT molecular complexity index is 557. The van der Waals surface area contributed by atoms with E-state index in [-0.39, 0.29) is 19.0 Å². The van der Waals surface area contributed by atoms with E-state index >= 15 is 0 Å². The van der Waals surface area contributed by atoms with Crippen LogP contribution in [0, 0.1) is 5.92 Å². The average molecular weight is 319 g/mol. The molecule has 1 fully saturated rings. The first kappa shape index (κ1) is 17.0. The van der Waals surface area contributed by atoms with Gasteiger partial charge in [-0.1, -0.05) is 30.3 Å². The number of amides is 1. The van der Waals surface area contributed by atoms with Gasteiger partial charge in [0.15, 0.2) is 0 Å². The van der Waals surface area contributed by atoms with Gasteiger partial charge in [0.05, 0.1) is 6.61 Å². The molecule has 0 radical (unpaired) electrons. The Labute approximate surface area is 135 Å². The predicted octanol–water partition coefficient (Wildman–Crippen LogP) is 2.21. The molecule has 0 aliphatic heterocycles. The van der Waals surface area contributed by atoms with E-state index < -0.39 is 24.0 Å². The molecule has 2 rings (SSSR count). The number of hydrogen-bond donors (Lipinski definition) is 1. The van der Waals surface area contributed by atoms with Gasteiger partial charge in [0.25, 0.3) is 0 Å². The normalized spacial score (nSPS) is 18.3. The third-order valence-corrected chi connectivity index (χ3v) is 3.78. The van der Waals surface area contributed by atoms with Gasteiger partial charge in [-0.25, -0.2) is 9.59 Å². The number of esters is 1. The van der Waals surface area contributed by atoms with E-state index in [0.29, 0.717) is 12.8 Å². The fourth-order valence-corrected chi connectivity index (χ4v) is 2.64. The molecule has 1 aromatic carbocycles. The predicted molar refractivity (Wildman–Crippen MR) is 82.5 cm³/mol. The third kappa shape index (κ3) is 4.81. The quantitative estimate of drug-likeness (QED) is 0.813. The van der Waals surface area contributed by atoms with E-state index in [0.717, 1.165) is 12.0 Å². The lowest BCUT2D eigenvalue weighted by Crippen LogP contribution is -2.48. The first-order valence-corrected chi connectivity index (χ1v) is 7.78. The van der Waals surface area contributed by atoms with Crippen LogP contribution in [0.3, 0.4) is 0 Å². The number of alkyl carbamates (subject to hydrolysis) is 1. The summed E-state index contributed by atoms with van der Waals surface area (Å²) in [6.45, 7) is 1.97. The maximum atomic E-state index is 12.0. The van der Waals surface area contributed by atoms with Gasteiger partial charge in [0.1, 0.15) is 18.4 Å². The Balaban J connectivity index is 1.94. The lowest BCUT2D eigenvalue weighted by atomic mass is 9.97. The van der Waals surface area contributed by atoms with Crippen molar-refractivity contribution in [3.05, 3.63) is 35.9 Å². The van der Waals surface area contributed by atoms with Gasteiger partial charge in [0.2, 0.25) is 0 Å². The minimum Gasteiger partial charge on any atom is -0.464 e. The first-order chi connectivity index (χ1) is 11.1. The molecule has 124 valence electrons. The molecule has 1 aromatic rings. The minimum absolute atomic E-state index is 0.0218. The molecular weight excluding hydrogens is 298 g/mol. The second kappa shape index (κ2) is 8.31. The van der Waals surface area contributed by atoms with Crippen molar-refractivity contribution >= 4 is 17.8 Å². The van der Waals surface area contributed by atoms with Gasteiger partial charge in [-0.3, -0.25) is 4.79 Å². The zero-order valence-corrected chi connectivity index (χ0v) is 13.1. The van der Waals surface area contributed by atoms with Crippen molar-refractivity contribution in [1.82, 2.24) is 5.32 Å².